The Morgan fingerprint density at radius 3 is 2.64 bits per heavy atom. The molecule has 5 nitrogen and oxygen atoms in total. The topological polar surface area (TPSA) is 100 Å². The van der Waals surface area contributed by atoms with E-state index in [1.165, 1.54) is 19.5 Å². The van der Waals surface area contributed by atoms with Gasteiger partial charge in [-0.3, -0.25) is 4.99 Å². The first-order chi connectivity index (χ1) is 13.3. The first kappa shape index (κ1) is 18.8. The molecule has 1 aliphatic heterocycles. The normalized spacial score (nSPS) is 31.9. The molecular formula is C20H24F3N5. The standard InChI is InChI=1S/C20H24F3N5/c1-27-8-12(19(26)20(21,22)23)18-16-10-3-2-9(6-10)15(16)17-11(7-24)13(25)4-5-14(17)28-18/h4-5,7-10,15-16,18,24,28H,2-3,6,25-26H2,1H3/t9-,10-,15?,16?,18+/m1/s1. The number of hydrogen-bond donors (Lipinski definition) is 4. The van der Waals surface area contributed by atoms with E-state index in [1.54, 1.807) is 12.1 Å². The lowest BCUT2D eigenvalue weighted by Gasteiger charge is -2.44. The van der Waals surface area contributed by atoms with Gasteiger partial charge in [-0.1, -0.05) is 0 Å². The lowest BCUT2D eigenvalue weighted by atomic mass is 9.66. The number of nitrogens with zero attached hydrogens (tertiary/aromatic N) is 1. The highest BCUT2D eigenvalue weighted by molar-refractivity contribution is 5.92. The molecule has 6 N–H and O–H groups in total. The summed E-state index contributed by atoms with van der Waals surface area (Å²) >= 11 is 0. The van der Waals surface area contributed by atoms with Crippen molar-refractivity contribution in [3.63, 3.8) is 0 Å². The molecule has 28 heavy (non-hydrogen) atoms. The van der Waals surface area contributed by atoms with Gasteiger partial charge in [0.05, 0.1) is 6.04 Å². The summed E-state index contributed by atoms with van der Waals surface area (Å²) in [6.45, 7) is 0. The van der Waals surface area contributed by atoms with Gasteiger partial charge < -0.3 is 22.2 Å². The highest BCUT2D eigenvalue weighted by Crippen LogP contribution is 2.62. The van der Waals surface area contributed by atoms with Crippen molar-refractivity contribution in [2.75, 3.05) is 18.1 Å². The van der Waals surface area contributed by atoms with Crippen LogP contribution in [0.4, 0.5) is 24.5 Å². The van der Waals surface area contributed by atoms with E-state index in [0.717, 1.165) is 30.5 Å². The van der Waals surface area contributed by atoms with E-state index in [-0.39, 0.29) is 17.4 Å². The third kappa shape index (κ3) is 2.69. The van der Waals surface area contributed by atoms with Crippen LogP contribution in [0.3, 0.4) is 0 Å². The smallest absolute Gasteiger partial charge is 0.398 e. The molecule has 2 saturated carbocycles. The van der Waals surface area contributed by atoms with Gasteiger partial charge in [0.1, 0.15) is 5.70 Å². The number of allylic oxidation sites excluding steroid dienone is 1. The molecule has 4 rings (SSSR count). The van der Waals surface area contributed by atoms with E-state index in [4.69, 9.17) is 16.9 Å². The quantitative estimate of drug-likeness (QED) is 0.467. The fourth-order valence-corrected chi connectivity index (χ4v) is 5.71. The van der Waals surface area contributed by atoms with Gasteiger partial charge in [-0.25, -0.2) is 0 Å². The number of nitrogen functional groups attached to an aromatic ring is 1. The fourth-order valence-electron chi connectivity index (χ4n) is 5.71. The van der Waals surface area contributed by atoms with Crippen LogP contribution < -0.4 is 16.8 Å². The number of alkyl halides is 3. The maximum atomic E-state index is 13.5. The zero-order valence-corrected chi connectivity index (χ0v) is 15.6. The Bertz CT molecular complexity index is 873. The Hall–Kier alpha value is -2.51. The van der Waals surface area contributed by atoms with Crippen molar-refractivity contribution in [2.45, 2.75) is 37.4 Å². The summed E-state index contributed by atoms with van der Waals surface area (Å²) in [7, 11) is 1.45. The van der Waals surface area contributed by atoms with E-state index in [0.29, 0.717) is 23.1 Å². The lowest BCUT2D eigenvalue weighted by molar-refractivity contribution is -0.0935. The highest BCUT2D eigenvalue weighted by atomic mass is 19.4. The van der Waals surface area contributed by atoms with Crippen LogP contribution in [0.1, 0.15) is 36.3 Å². The average Bonchev–Trinajstić information content (AvgIpc) is 3.26. The maximum Gasteiger partial charge on any atom is 0.431 e. The summed E-state index contributed by atoms with van der Waals surface area (Å²) in [6.07, 6.45) is 0.926. The van der Waals surface area contributed by atoms with Crippen molar-refractivity contribution in [3.8, 4) is 0 Å². The number of benzene rings is 1. The second kappa shape index (κ2) is 6.53. The molecule has 0 saturated heterocycles. The number of anilines is 2. The van der Waals surface area contributed by atoms with Gasteiger partial charge in [0, 0.05) is 42.0 Å². The van der Waals surface area contributed by atoms with Crippen LogP contribution in [0.5, 0.6) is 0 Å². The maximum absolute atomic E-state index is 13.5. The molecular weight excluding hydrogens is 367 g/mol. The van der Waals surface area contributed by atoms with Gasteiger partial charge in [0.25, 0.3) is 0 Å². The summed E-state index contributed by atoms with van der Waals surface area (Å²) in [5.41, 5.74) is 13.5. The predicted molar refractivity (Wildman–Crippen MR) is 105 cm³/mol. The third-order valence-corrected chi connectivity index (χ3v) is 6.69. The van der Waals surface area contributed by atoms with Gasteiger partial charge in [-0.2, -0.15) is 13.2 Å². The molecule has 0 amide bonds. The van der Waals surface area contributed by atoms with E-state index >= 15 is 0 Å². The molecule has 1 aromatic rings. The summed E-state index contributed by atoms with van der Waals surface area (Å²) in [4.78, 5) is 3.87. The lowest BCUT2D eigenvalue weighted by Crippen LogP contribution is -2.45. The van der Waals surface area contributed by atoms with Crippen molar-refractivity contribution in [1.82, 2.24) is 0 Å². The van der Waals surface area contributed by atoms with Crippen LogP contribution in [0.15, 0.2) is 28.4 Å². The minimum atomic E-state index is -4.62. The van der Waals surface area contributed by atoms with Crippen molar-refractivity contribution < 1.29 is 13.2 Å². The second-order valence-corrected chi connectivity index (χ2v) is 7.99. The Morgan fingerprint density at radius 2 is 2.00 bits per heavy atom. The molecule has 5 atom stereocenters. The van der Waals surface area contributed by atoms with E-state index < -0.39 is 17.9 Å². The average molecular weight is 391 g/mol. The summed E-state index contributed by atoms with van der Waals surface area (Å²) in [6, 6.07) is 2.93. The van der Waals surface area contributed by atoms with E-state index in [1.807, 2.05) is 0 Å². The van der Waals surface area contributed by atoms with E-state index in [2.05, 4.69) is 10.3 Å². The number of rotatable bonds is 3. The van der Waals surface area contributed by atoms with Gasteiger partial charge in [-0.05, 0) is 60.6 Å². The second-order valence-electron chi connectivity index (χ2n) is 7.99. The molecule has 8 heteroatoms. The molecule has 1 aromatic carbocycles. The summed E-state index contributed by atoms with van der Waals surface area (Å²) in [5.74, 6) is 0.759. The Morgan fingerprint density at radius 1 is 1.29 bits per heavy atom. The van der Waals surface area contributed by atoms with Crippen molar-refractivity contribution in [2.24, 2.45) is 28.5 Å². The number of halogens is 3. The van der Waals surface area contributed by atoms with Crippen LogP contribution in [0.2, 0.25) is 0 Å². The number of hydrogen-bond acceptors (Lipinski definition) is 5. The fraction of sp³-hybridized carbons (Fsp3) is 0.500. The van der Waals surface area contributed by atoms with Crippen LogP contribution in [-0.2, 0) is 0 Å². The van der Waals surface area contributed by atoms with Gasteiger partial charge >= 0.3 is 6.18 Å². The minimum absolute atomic E-state index is 0.00331. The molecule has 1 heterocycles. The molecule has 2 bridgehead atoms. The zero-order valence-electron chi connectivity index (χ0n) is 15.6. The first-order valence-electron chi connectivity index (χ1n) is 9.46. The number of fused-ring (bicyclic) bond motifs is 7. The summed E-state index contributed by atoms with van der Waals surface area (Å²) < 4.78 is 40.4. The Kier molecular flexibility index (Phi) is 4.39. The summed E-state index contributed by atoms with van der Waals surface area (Å²) in [5, 5.41) is 11.1. The molecule has 0 spiro atoms. The number of nitrogens with one attached hydrogen (secondary N) is 2. The van der Waals surface area contributed by atoms with Crippen molar-refractivity contribution in [3.05, 3.63) is 34.5 Å². The SMILES string of the molecule is CN=CC(=C(N)C(F)(F)F)[C@@H]1Nc2ccc(N)c(C=N)c2C2C1[C@@H]1CC[C@@H]2C1. The molecule has 2 fully saturated rings. The van der Waals surface area contributed by atoms with Crippen LogP contribution >= 0.6 is 0 Å². The molecule has 2 unspecified atom stereocenters. The molecule has 2 aliphatic carbocycles. The van der Waals surface area contributed by atoms with Crippen molar-refractivity contribution >= 4 is 23.8 Å². The molecule has 0 aromatic heterocycles. The highest BCUT2D eigenvalue weighted by Gasteiger charge is 2.55. The van der Waals surface area contributed by atoms with Crippen LogP contribution in [0.25, 0.3) is 0 Å². The monoisotopic (exact) mass is 391 g/mol. The van der Waals surface area contributed by atoms with Crippen LogP contribution in [0, 0.1) is 23.2 Å². The predicted octanol–water partition coefficient (Wildman–Crippen LogP) is 3.67. The molecule has 150 valence electrons. The Balaban J connectivity index is 1.91. The number of nitrogens with two attached hydrogens (primary N) is 2. The first-order valence-corrected chi connectivity index (χ1v) is 9.46. The third-order valence-electron chi connectivity index (χ3n) is 6.69. The van der Waals surface area contributed by atoms with Gasteiger partial charge in [-0.15, -0.1) is 0 Å². The largest absolute Gasteiger partial charge is 0.431 e. The zero-order chi connectivity index (χ0) is 20.2. The van der Waals surface area contributed by atoms with Crippen molar-refractivity contribution in [1.29, 1.82) is 5.41 Å². The van der Waals surface area contributed by atoms with Gasteiger partial charge in [0.2, 0.25) is 0 Å². The molecule has 3 aliphatic rings. The number of aliphatic imine (C=N–C) groups is 1. The Labute approximate surface area is 161 Å². The van der Waals surface area contributed by atoms with Crippen LogP contribution in [-0.4, -0.2) is 31.7 Å². The minimum Gasteiger partial charge on any atom is -0.398 e. The molecule has 0 radical (unpaired) electrons. The van der Waals surface area contributed by atoms with E-state index in [9.17, 15) is 13.2 Å². The van der Waals surface area contributed by atoms with Gasteiger partial charge in [0.15, 0.2) is 0 Å².